The number of phosphoric ester groups is 1. The highest BCUT2D eigenvalue weighted by Crippen LogP contribution is 2.35. The van der Waals surface area contributed by atoms with Gasteiger partial charge in [-0.15, -0.1) is 0 Å². The maximum absolute atomic E-state index is 11.8. The first kappa shape index (κ1) is 29.8. The van der Waals surface area contributed by atoms with E-state index >= 15 is 0 Å². The molecule has 0 heterocycles. The molecule has 1 amide bonds. The van der Waals surface area contributed by atoms with Gasteiger partial charge in [-0.3, -0.25) is 9.32 Å². The van der Waals surface area contributed by atoms with E-state index in [9.17, 15) is 14.2 Å². The van der Waals surface area contributed by atoms with Crippen LogP contribution in [-0.2, 0) is 18.7 Å². The van der Waals surface area contributed by atoms with Gasteiger partial charge in [0.25, 0.3) is 0 Å². The molecule has 8 nitrogen and oxygen atoms in total. The zero-order valence-electron chi connectivity index (χ0n) is 18.6. The van der Waals surface area contributed by atoms with Gasteiger partial charge in [-0.25, -0.2) is 9.36 Å². The highest BCUT2D eigenvalue weighted by molar-refractivity contribution is 7.46. The molecule has 0 aromatic rings. The maximum atomic E-state index is 11.8. The normalized spacial score (nSPS) is 13.8. The molecule has 9 heteroatoms. The molecule has 0 unspecified atom stereocenters. The van der Waals surface area contributed by atoms with E-state index in [1.807, 2.05) is 12.2 Å². The van der Waals surface area contributed by atoms with Crippen LogP contribution in [0.5, 0.6) is 0 Å². The fraction of sp³-hybridized carbons (Fsp3) is 0.478. The summed E-state index contributed by atoms with van der Waals surface area (Å²) < 4.78 is 14.8. The molecule has 0 aromatic carbocycles. The number of rotatable bonds is 18. The second kappa shape index (κ2) is 19.4. The Bertz CT molecular complexity index is 720. The lowest BCUT2D eigenvalue weighted by molar-refractivity contribution is -0.142. The smallest absolute Gasteiger partial charge is 0.469 e. The van der Waals surface area contributed by atoms with E-state index in [2.05, 4.69) is 65.4 Å². The molecule has 1 atom stereocenters. The highest BCUT2D eigenvalue weighted by atomic mass is 31.2. The van der Waals surface area contributed by atoms with Crippen molar-refractivity contribution in [1.29, 1.82) is 0 Å². The van der Waals surface area contributed by atoms with Gasteiger partial charge in [-0.2, -0.15) is 0 Å². The number of allylic oxidation sites excluding steroid dienone is 10. The first-order valence-corrected chi connectivity index (χ1v) is 12.3. The number of amides is 1. The van der Waals surface area contributed by atoms with E-state index in [4.69, 9.17) is 14.9 Å². The van der Waals surface area contributed by atoms with Gasteiger partial charge in [0.15, 0.2) is 6.04 Å². The Balaban J connectivity index is 3.86. The standard InChI is InChI=1S/C23H36NO7P/c1-2-3-4-5-6-7-8-9-10-11-12-13-14-15-16-17-18-19-22(25)24-21(23(26)27)20-31-32(28,29)30/h3-4,6-7,9-10,12-13,15-16,21H,2,5,8,11,14,17-20H2,1H3,(H,24,25)(H,26,27)(H2,28,29,30)/b4-3+,7-6+,10-9+,13-12+,16-15+/t21-/m0/s1. The number of aliphatic carboxylic acids is 1. The molecule has 4 N–H and O–H groups in total. The van der Waals surface area contributed by atoms with Crippen molar-refractivity contribution in [3.8, 4) is 0 Å². The van der Waals surface area contributed by atoms with Crippen molar-refractivity contribution in [3.63, 3.8) is 0 Å². The van der Waals surface area contributed by atoms with Crippen LogP contribution in [0, 0.1) is 0 Å². The predicted octanol–water partition coefficient (Wildman–Crippen LogP) is 4.59. The molecule has 0 aliphatic carbocycles. The average molecular weight is 470 g/mol. The summed E-state index contributed by atoms with van der Waals surface area (Å²) in [4.78, 5) is 40.0. The SMILES string of the molecule is CC/C=C/C/C=C/C/C=C/C/C=C/C/C=C/CCCC(=O)N[C@@H](COP(=O)(O)O)C(=O)O. The third-order valence-electron chi connectivity index (χ3n) is 3.98. The lowest BCUT2D eigenvalue weighted by atomic mass is 10.2. The molecule has 0 fully saturated rings. The van der Waals surface area contributed by atoms with Gasteiger partial charge >= 0.3 is 13.8 Å². The van der Waals surface area contributed by atoms with E-state index in [0.717, 1.165) is 32.1 Å². The second-order valence-corrected chi connectivity index (χ2v) is 8.08. The van der Waals surface area contributed by atoms with Crippen molar-refractivity contribution in [2.45, 2.75) is 64.3 Å². The van der Waals surface area contributed by atoms with E-state index in [1.165, 1.54) is 0 Å². The van der Waals surface area contributed by atoms with Crippen LogP contribution in [0.3, 0.4) is 0 Å². The summed E-state index contributed by atoms with van der Waals surface area (Å²) in [5.74, 6) is -1.94. The second-order valence-electron chi connectivity index (χ2n) is 6.84. The fourth-order valence-electron chi connectivity index (χ4n) is 2.36. The van der Waals surface area contributed by atoms with Gasteiger partial charge in [0.2, 0.25) is 5.91 Å². The molecule has 0 bridgehead atoms. The van der Waals surface area contributed by atoms with Crippen LogP contribution in [0.1, 0.15) is 58.3 Å². The van der Waals surface area contributed by atoms with Crippen LogP contribution >= 0.6 is 7.82 Å². The maximum Gasteiger partial charge on any atom is 0.469 e. The molecule has 0 spiro atoms. The lowest BCUT2D eigenvalue weighted by Gasteiger charge is -2.14. The summed E-state index contributed by atoms with van der Waals surface area (Å²) in [6.45, 7) is 1.31. The monoisotopic (exact) mass is 469 g/mol. The van der Waals surface area contributed by atoms with Crippen molar-refractivity contribution in [1.82, 2.24) is 5.32 Å². The summed E-state index contributed by atoms with van der Waals surface area (Å²) in [5, 5.41) is 11.2. The van der Waals surface area contributed by atoms with Crippen LogP contribution in [0.4, 0.5) is 0 Å². The zero-order valence-corrected chi connectivity index (χ0v) is 19.5. The summed E-state index contributed by atoms with van der Waals surface area (Å²) in [7, 11) is -4.80. The Morgan fingerprint density at radius 2 is 1.34 bits per heavy atom. The fourth-order valence-corrected chi connectivity index (χ4v) is 2.71. The number of carboxylic acids is 1. The number of carboxylic acid groups (broad SMARTS) is 1. The van der Waals surface area contributed by atoms with E-state index < -0.39 is 32.3 Å². The first-order valence-electron chi connectivity index (χ1n) is 10.7. The summed E-state index contributed by atoms with van der Waals surface area (Å²) >= 11 is 0. The van der Waals surface area contributed by atoms with Crippen molar-refractivity contribution in [3.05, 3.63) is 60.8 Å². The summed E-state index contributed by atoms with van der Waals surface area (Å²) in [5.41, 5.74) is 0. The number of carbonyl (C=O) groups is 2. The van der Waals surface area contributed by atoms with Gasteiger partial charge in [0, 0.05) is 6.42 Å². The Kier molecular flexibility index (Phi) is 18.1. The third-order valence-corrected chi connectivity index (χ3v) is 4.46. The predicted molar refractivity (Wildman–Crippen MR) is 126 cm³/mol. The minimum absolute atomic E-state index is 0.105. The molecular formula is C23H36NO7P. The average Bonchev–Trinajstić information content (AvgIpc) is 2.72. The molecule has 32 heavy (non-hydrogen) atoms. The van der Waals surface area contributed by atoms with Crippen LogP contribution in [-0.4, -0.2) is 39.4 Å². The Labute approximate surface area is 190 Å². The minimum Gasteiger partial charge on any atom is -0.480 e. The van der Waals surface area contributed by atoms with Crippen LogP contribution in [0.2, 0.25) is 0 Å². The molecule has 0 aliphatic rings. The Morgan fingerprint density at radius 3 is 1.78 bits per heavy atom. The van der Waals surface area contributed by atoms with E-state index in [0.29, 0.717) is 12.8 Å². The quantitative estimate of drug-likeness (QED) is 0.131. The van der Waals surface area contributed by atoms with E-state index in [-0.39, 0.29) is 6.42 Å². The topological polar surface area (TPSA) is 133 Å². The van der Waals surface area contributed by atoms with Crippen molar-refractivity contribution >= 4 is 19.7 Å². The summed E-state index contributed by atoms with van der Waals surface area (Å²) in [6.07, 6.45) is 27.0. The number of carbonyl (C=O) groups excluding carboxylic acids is 1. The third kappa shape index (κ3) is 21.0. The lowest BCUT2D eigenvalue weighted by Crippen LogP contribution is -2.43. The number of phosphoric acid groups is 1. The number of unbranched alkanes of at least 4 members (excludes halogenated alkanes) is 1. The Morgan fingerprint density at radius 1 is 0.875 bits per heavy atom. The van der Waals surface area contributed by atoms with Crippen LogP contribution < -0.4 is 5.32 Å². The van der Waals surface area contributed by atoms with E-state index in [1.54, 1.807) is 0 Å². The van der Waals surface area contributed by atoms with Crippen LogP contribution in [0.25, 0.3) is 0 Å². The molecule has 0 radical (unpaired) electrons. The number of hydrogen-bond acceptors (Lipinski definition) is 4. The molecule has 0 saturated heterocycles. The molecule has 0 aliphatic heterocycles. The highest BCUT2D eigenvalue weighted by Gasteiger charge is 2.24. The summed E-state index contributed by atoms with van der Waals surface area (Å²) in [6, 6.07) is -1.51. The molecular weight excluding hydrogens is 433 g/mol. The Hall–Kier alpha value is -2.25. The van der Waals surface area contributed by atoms with Crippen molar-refractivity contribution in [2.75, 3.05) is 6.61 Å². The zero-order chi connectivity index (χ0) is 24.1. The number of hydrogen-bond donors (Lipinski definition) is 4. The van der Waals surface area contributed by atoms with Crippen molar-refractivity contribution in [2.24, 2.45) is 0 Å². The number of nitrogens with one attached hydrogen (secondary N) is 1. The van der Waals surface area contributed by atoms with Gasteiger partial charge in [0.05, 0.1) is 6.61 Å². The van der Waals surface area contributed by atoms with Gasteiger partial charge in [-0.1, -0.05) is 67.7 Å². The first-order chi connectivity index (χ1) is 15.3. The largest absolute Gasteiger partial charge is 0.480 e. The molecule has 180 valence electrons. The minimum atomic E-state index is -4.80. The molecule has 0 saturated carbocycles. The van der Waals surface area contributed by atoms with Crippen molar-refractivity contribution < 1.29 is 33.6 Å². The van der Waals surface area contributed by atoms with Gasteiger partial charge in [0.1, 0.15) is 0 Å². The van der Waals surface area contributed by atoms with Gasteiger partial charge in [-0.05, 0) is 44.9 Å². The molecule has 0 aromatic heterocycles. The molecule has 0 rings (SSSR count). The van der Waals surface area contributed by atoms with Gasteiger partial charge < -0.3 is 20.2 Å². The van der Waals surface area contributed by atoms with Crippen LogP contribution in [0.15, 0.2) is 60.8 Å².